The number of carbonyl (C=O) groups is 1. The lowest BCUT2D eigenvalue weighted by Gasteiger charge is -2.19. The molecule has 5 nitrogen and oxygen atoms in total. The van der Waals surface area contributed by atoms with Gasteiger partial charge in [-0.2, -0.15) is 0 Å². The average molecular weight is 254 g/mol. The highest BCUT2D eigenvalue weighted by Crippen LogP contribution is 2.38. The Balaban J connectivity index is 3.70. The Morgan fingerprint density at radius 2 is 1.61 bits per heavy atom. The Bertz CT molecular complexity index is 465. The largest absolute Gasteiger partial charge is 0.496 e. The van der Waals surface area contributed by atoms with Crippen LogP contribution in [0.25, 0.3) is 0 Å². The molecule has 0 fully saturated rings. The van der Waals surface area contributed by atoms with Gasteiger partial charge >= 0.3 is 5.97 Å². The van der Waals surface area contributed by atoms with Crippen LogP contribution in [-0.4, -0.2) is 32.4 Å². The van der Waals surface area contributed by atoms with Crippen molar-refractivity contribution in [2.24, 2.45) is 0 Å². The van der Waals surface area contributed by atoms with E-state index in [4.69, 9.17) is 14.2 Å². The second kappa shape index (κ2) is 5.73. The van der Waals surface area contributed by atoms with E-state index in [1.54, 1.807) is 13.8 Å². The van der Waals surface area contributed by atoms with Gasteiger partial charge in [-0.1, -0.05) is 0 Å². The molecule has 0 spiro atoms. The molecule has 0 aliphatic carbocycles. The monoisotopic (exact) mass is 254 g/mol. The summed E-state index contributed by atoms with van der Waals surface area (Å²) in [6.07, 6.45) is 0. The number of aliphatic hydroxyl groups is 1. The fourth-order valence-corrected chi connectivity index (χ4v) is 2.08. The van der Waals surface area contributed by atoms with Crippen molar-refractivity contribution >= 4 is 5.97 Å². The van der Waals surface area contributed by atoms with Gasteiger partial charge in [0.05, 0.1) is 27.9 Å². The topological polar surface area (TPSA) is 65.0 Å². The third-order valence-corrected chi connectivity index (χ3v) is 2.97. The molecule has 0 aliphatic rings. The van der Waals surface area contributed by atoms with E-state index in [0.717, 1.165) is 0 Å². The third-order valence-electron chi connectivity index (χ3n) is 2.97. The lowest BCUT2D eigenvalue weighted by atomic mass is 9.96. The Labute approximate surface area is 106 Å². The third kappa shape index (κ3) is 2.13. The summed E-state index contributed by atoms with van der Waals surface area (Å²) in [7, 11) is 4.30. The number of hydrogen-bond acceptors (Lipinski definition) is 5. The number of esters is 1. The van der Waals surface area contributed by atoms with Crippen LogP contribution in [-0.2, 0) is 11.3 Å². The zero-order valence-electron chi connectivity index (χ0n) is 11.3. The molecule has 1 N–H and O–H groups in total. The molecule has 0 amide bonds. The maximum absolute atomic E-state index is 11.8. The van der Waals surface area contributed by atoms with Crippen LogP contribution in [0.3, 0.4) is 0 Å². The second-order valence-corrected chi connectivity index (χ2v) is 3.82. The maximum Gasteiger partial charge on any atom is 0.341 e. The Morgan fingerprint density at radius 1 is 1.06 bits per heavy atom. The quantitative estimate of drug-likeness (QED) is 0.827. The van der Waals surface area contributed by atoms with Gasteiger partial charge in [-0.15, -0.1) is 0 Å². The van der Waals surface area contributed by atoms with Crippen molar-refractivity contribution in [2.75, 3.05) is 21.3 Å². The summed E-state index contributed by atoms with van der Waals surface area (Å²) < 4.78 is 15.3. The predicted octanol–water partition coefficient (Wildman–Crippen LogP) is 1.60. The van der Waals surface area contributed by atoms with Crippen molar-refractivity contribution in [1.29, 1.82) is 0 Å². The molecule has 5 heteroatoms. The summed E-state index contributed by atoms with van der Waals surface area (Å²) in [4.78, 5) is 11.8. The molecule has 0 saturated carbocycles. The molecule has 0 unspecified atom stereocenters. The number of methoxy groups -OCH3 is 3. The normalized spacial score (nSPS) is 10.1. The van der Waals surface area contributed by atoms with Gasteiger partial charge in [0.1, 0.15) is 17.1 Å². The van der Waals surface area contributed by atoms with Crippen LogP contribution in [0, 0.1) is 13.8 Å². The van der Waals surface area contributed by atoms with E-state index in [2.05, 4.69) is 0 Å². The number of carbonyl (C=O) groups excluding carboxylic acids is 1. The van der Waals surface area contributed by atoms with Crippen molar-refractivity contribution in [3.63, 3.8) is 0 Å². The minimum Gasteiger partial charge on any atom is -0.496 e. The molecule has 1 aromatic rings. The minimum atomic E-state index is -0.496. The highest BCUT2D eigenvalue weighted by atomic mass is 16.5. The van der Waals surface area contributed by atoms with Crippen LogP contribution in [0.15, 0.2) is 0 Å². The first-order valence-corrected chi connectivity index (χ1v) is 5.46. The van der Waals surface area contributed by atoms with Crippen molar-refractivity contribution in [3.05, 3.63) is 22.3 Å². The lowest BCUT2D eigenvalue weighted by Crippen LogP contribution is -2.12. The number of aliphatic hydroxyl groups excluding tert-OH is 1. The molecule has 1 rings (SSSR count). The van der Waals surface area contributed by atoms with E-state index >= 15 is 0 Å². The van der Waals surface area contributed by atoms with Gasteiger partial charge in [0.25, 0.3) is 0 Å². The molecule has 18 heavy (non-hydrogen) atoms. The summed E-state index contributed by atoms with van der Waals surface area (Å²) >= 11 is 0. The molecule has 0 heterocycles. The van der Waals surface area contributed by atoms with Crippen molar-refractivity contribution < 1.29 is 24.1 Å². The van der Waals surface area contributed by atoms with Crippen molar-refractivity contribution in [2.45, 2.75) is 20.5 Å². The van der Waals surface area contributed by atoms with E-state index in [-0.39, 0.29) is 6.61 Å². The van der Waals surface area contributed by atoms with Crippen LogP contribution >= 0.6 is 0 Å². The Hall–Kier alpha value is -1.75. The molecule has 0 aromatic heterocycles. The minimum absolute atomic E-state index is 0.218. The van der Waals surface area contributed by atoms with Gasteiger partial charge in [0, 0.05) is 11.1 Å². The van der Waals surface area contributed by atoms with E-state index in [0.29, 0.717) is 33.8 Å². The molecule has 0 atom stereocenters. The van der Waals surface area contributed by atoms with Gasteiger partial charge in [-0.25, -0.2) is 4.79 Å². The Morgan fingerprint density at radius 3 is 2.00 bits per heavy atom. The fraction of sp³-hybridized carbons (Fsp3) is 0.462. The van der Waals surface area contributed by atoms with Gasteiger partial charge in [0.2, 0.25) is 0 Å². The van der Waals surface area contributed by atoms with Crippen LogP contribution in [0.1, 0.15) is 27.0 Å². The summed E-state index contributed by atoms with van der Waals surface area (Å²) in [5.74, 6) is 0.442. The maximum atomic E-state index is 11.8. The van der Waals surface area contributed by atoms with Gasteiger partial charge < -0.3 is 19.3 Å². The number of hydrogen-bond donors (Lipinski definition) is 1. The van der Waals surface area contributed by atoms with Gasteiger partial charge in [-0.05, 0) is 19.4 Å². The summed E-state index contributed by atoms with van der Waals surface area (Å²) in [6, 6.07) is 0. The van der Waals surface area contributed by atoms with Crippen LogP contribution in [0.4, 0.5) is 0 Å². The van der Waals surface area contributed by atoms with Gasteiger partial charge in [0.15, 0.2) is 0 Å². The Kier molecular flexibility index (Phi) is 4.55. The summed E-state index contributed by atoms with van der Waals surface area (Å²) in [5.41, 5.74) is 2.15. The molecular weight excluding hydrogens is 236 g/mol. The van der Waals surface area contributed by atoms with Gasteiger partial charge in [-0.3, -0.25) is 0 Å². The molecule has 0 bridgehead atoms. The van der Waals surface area contributed by atoms with E-state index in [1.807, 2.05) is 0 Å². The first-order chi connectivity index (χ1) is 8.53. The lowest BCUT2D eigenvalue weighted by molar-refractivity contribution is 0.0595. The summed E-state index contributed by atoms with van der Waals surface area (Å²) in [5, 5.41) is 9.42. The zero-order chi connectivity index (χ0) is 13.9. The van der Waals surface area contributed by atoms with Crippen LogP contribution < -0.4 is 9.47 Å². The highest BCUT2D eigenvalue weighted by molar-refractivity contribution is 5.95. The average Bonchev–Trinajstić information content (AvgIpc) is 2.38. The predicted molar refractivity (Wildman–Crippen MR) is 66.3 cm³/mol. The SMILES string of the molecule is COC(=O)c1c(C)c(CO)c(OC)c(C)c1OC. The standard InChI is InChI=1S/C13H18O5/c1-7-9(6-14)11(16-3)8(2)12(17-4)10(7)13(15)18-5/h14H,6H2,1-5H3. The molecule has 1 aromatic carbocycles. The molecule has 100 valence electrons. The number of benzene rings is 1. The molecular formula is C13H18O5. The zero-order valence-corrected chi connectivity index (χ0v) is 11.3. The van der Waals surface area contributed by atoms with Crippen LogP contribution in [0.5, 0.6) is 11.5 Å². The number of rotatable bonds is 4. The second-order valence-electron chi connectivity index (χ2n) is 3.82. The van der Waals surface area contributed by atoms with E-state index in [1.165, 1.54) is 21.3 Å². The molecule has 0 radical (unpaired) electrons. The first kappa shape index (κ1) is 14.3. The highest BCUT2D eigenvalue weighted by Gasteiger charge is 2.25. The van der Waals surface area contributed by atoms with E-state index < -0.39 is 5.97 Å². The van der Waals surface area contributed by atoms with Crippen LogP contribution in [0.2, 0.25) is 0 Å². The molecule has 0 saturated heterocycles. The van der Waals surface area contributed by atoms with Crippen molar-refractivity contribution in [1.82, 2.24) is 0 Å². The molecule has 0 aliphatic heterocycles. The fourth-order valence-electron chi connectivity index (χ4n) is 2.08. The smallest absolute Gasteiger partial charge is 0.341 e. The van der Waals surface area contributed by atoms with Crippen molar-refractivity contribution in [3.8, 4) is 11.5 Å². The first-order valence-electron chi connectivity index (χ1n) is 5.46. The number of ether oxygens (including phenoxy) is 3. The van der Waals surface area contributed by atoms with E-state index in [9.17, 15) is 9.90 Å². The summed E-state index contributed by atoms with van der Waals surface area (Å²) in [6.45, 7) is 3.27.